The average molecular weight is 259 g/mol. The monoisotopic (exact) mass is 259 g/mol. The van der Waals surface area contributed by atoms with Gasteiger partial charge in [0, 0.05) is 24.2 Å². The summed E-state index contributed by atoms with van der Waals surface area (Å²) in [7, 11) is 0. The molecule has 102 valence electrons. The zero-order valence-corrected chi connectivity index (χ0v) is 12.1. The van der Waals surface area contributed by atoms with Crippen LogP contribution in [0.1, 0.15) is 38.4 Å². The molecular weight excluding hydrogens is 238 g/mol. The Hall–Kier alpha value is -1.60. The van der Waals surface area contributed by atoms with E-state index in [1.165, 1.54) is 0 Å². The molecule has 1 fully saturated rings. The summed E-state index contributed by atoms with van der Waals surface area (Å²) < 4.78 is 5.97. The molecule has 0 amide bonds. The summed E-state index contributed by atoms with van der Waals surface area (Å²) in [6.07, 6.45) is 1.18. The molecule has 1 atom stereocenters. The number of likely N-dealkylation sites (tertiary alicyclic amines) is 1. The van der Waals surface area contributed by atoms with Gasteiger partial charge in [-0.2, -0.15) is 5.26 Å². The minimum atomic E-state index is 0.166. The van der Waals surface area contributed by atoms with Crippen LogP contribution in [0.2, 0.25) is 0 Å². The maximum atomic E-state index is 8.89. The second kappa shape index (κ2) is 5.18. The summed E-state index contributed by atoms with van der Waals surface area (Å²) >= 11 is 0. The normalized spacial score (nSPS) is 20.3. The highest BCUT2D eigenvalue weighted by Gasteiger charge is 2.31. The number of nitrogens with zero attached hydrogens (tertiary/aromatic N) is 3. The molecule has 0 unspecified atom stereocenters. The van der Waals surface area contributed by atoms with Crippen LogP contribution in [0.15, 0.2) is 12.1 Å². The first-order valence-electron chi connectivity index (χ1n) is 6.69. The van der Waals surface area contributed by atoms with Gasteiger partial charge in [0.05, 0.1) is 0 Å². The number of hydrogen-bond donors (Lipinski definition) is 0. The summed E-state index contributed by atoms with van der Waals surface area (Å²) in [5.74, 6) is 0.597. The van der Waals surface area contributed by atoms with Crippen LogP contribution in [-0.4, -0.2) is 34.6 Å². The Morgan fingerprint density at radius 1 is 1.42 bits per heavy atom. The largest absolute Gasteiger partial charge is 0.473 e. The van der Waals surface area contributed by atoms with E-state index in [4.69, 9.17) is 10.00 Å². The molecule has 1 aliphatic heterocycles. The molecule has 0 aromatic carbocycles. The standard InChI is InChI=1S/C15H21N3O/c1-11-5-6-12(9-16)17-14(11)19-13-7-8-18(10-13)15(2,3)4/h5-6,13H,7-8,10H2,1-4H3/t13-/m0/s1. The second-order valence-electron chi connectivity index (χ2n) is 6.08. The Kier molecular flexibility index (Phi) is 3.77. The van der Waals surface area contributed by atoms with E-state index in [9.17, 15) is 0 Å². The van der Waals surface area contributed by atoms with Crippen molar-refractivity contribution < 1.29 is 4.74 Å². The number of nitriles is 1. The Balaban J connectivity index is 2.05. The molecule has 0 spiro atoms. The van der Waals surface area contributed by atoms with Gasteiger partial charge in [0.25, 0.3) is 0 Å². The first-order valence-corrected chi connectivity index (χ1v) is 6.69. The number of hydrogen-bond acceptors (Lipinski definition) is 4. The fraction of sp³-hybridized carbons (Fsp3) is 0.600. The van der Waals surface area contributed by atoms with Crippen molar-refractivity contribution in [2.45, 2.75) is 45.8 Å². The van der Waals surface area contributed by atoms with Gasteiger partial charge >= 0.3 is 0 Å². The molecule has 1 saturated heterocycles. The van der Waals surface area contributed by atoms with E-state index >= 15 is 0 Å². The van der Waals surface area contributed by atoms with Crippen LogP contribution in [0.5, 0.6) is 5.88 Å². The Morgan fingerprint density at radius 3 is 2.74 bits per heavy atom. The minimum Gasteiger partial charge on any atom is -0.473 e. The van der Waals surface area contributed by atoms with E-state index in [-0.39, 0.29) is 11.6 Å². The number of aromatic nitrogens is 1. The lowest BCUT2D eigenvalue weighted by molar-refractivity contribution is 0.138. The van der Waals surface area contributed by atoms with Crippen LogP contribution in [0.3, 0.4) is 0 Å². The highest BCUT2D eigenvalue weighted by atomic mass is 16.5. The summed E-state index contributed by atoms with van der Waals surface area (Å²) in [5.41, 5.74) is 1.56. The first kappa shape index (κ1) is 13.8. The average Bonchev–Trinajstić information content (AvgIpc) is 2.80. The van der Waals surface area contributed by atoms with Crippen molar-refractivity contribution in [3.8, 4) is 11.9 Å². The molecule has 1 aromatic rings. The van der Waals surface area contributed by atoms with E-state index in [1.54, 1.807) is 6.07 Å². The third kappa shape index (κ3) is 3.24. The second-order valence-corrected chi connectivity index (χ2v) is 6.08. The van der Waals surface area contributed by atoms with Crippen molar-refractivity contribution in [2.75, 3.05) is 13.1 Å². The topological polar surface area (TPSA) is 49.1 Å². The van der Waals surface area contributed by atoms with E-state index in [0.717, 1.165) is 25.1 Å². The van der Waals surface area contributed by atoms with Crippen molar-refractivity contribution in [3.05, 3.63) is 23.4 Å². The number of rotatable bonds is 2. The van der Waals surface area contributed by atoms with E-state index in [1.807, 2.05) is 13.0 Å². The van der Waals surface area contributed by atoms with Gasteiger partial charge in [-0.05, 0) is 40.2 Å². The van der Waals surface area contributed by atoms with Crippen LogP contribution in [0.25, 0.3) is 0 Å². The molecule has 4 heteroatoms. The van der Waals surface area contributed by atoms with Crippen molar-refractivity contribution in [1.82, 2.24) is 9.88 Å². The quantitative estimate of drug-likeness (QED) is 0.819. The van der Waals surface area contributed by atoms with Gasteiger partial charge in [0.1, 0.15) is 17.9 Å². The fourth-order valence-corrected chi connectivity index (χ4v) is 2.28. The third-order valence-corrected chi connectivity index (χ3v) is 3.54. The van der Waals surface area contributed by atoms with Gasteiger partial charge in [-0.1, -0.05) is 6.07 Å². The van der Waals surface area contributed by atoms with Gasteiger partial charge < -0.3 is 4.74 Å². The molecular formula is C15H21N3O. The molecule has 0 saturated carbocycles. The molecule has 0 N–H and O–H groups in total. The predicted octanol–water partition coefficient (Wildman–Crippen LogP) is 2.51. The summed E-state index contributed by atoms with van der Waals surface area (Å²) in [6, 6.07) is 5.66. The molecule has 0 aliphatic carbocycles. The highest BCUT2D eigenvalue weighted by Crippen LogP contribution is 2.24. The van der Waals surface area contributed by atoms with E-state index in [2.05, 4.69) is 36.7 Å². The number of ether oxygens (including phenoxy) is 1. The molecule has 0 bridgehead atoms. The molecule has 19 heavy (non-hydrogen) atoms. The van der Waals surface area contributed by atoms with E-state index < -0.39 is 0 Å². The predicted molar refractivity (Wildman–Crippen MR) is 74.0 cm³/mol. The lowest BCUT2D eigenvalue weighted by Gasteiger charge is -2.31. The number of aryl methyl sites for hydroxylation is 1. The first-order chi connectivity index (χ1) is 8.90. The van der Waals surface area contributed by atoms with Gasteiger partial charge in [-0.25, -0.2) is 4.98 Å². The molecule has 4 nitrogen and oxygen atoms in total. The summed E-state index contributed by atoms with van der Waals surface area (Å²) in [4.78, 5) is 6.66. The summed E-state index contributed by atoms with van der Waals surface area (Å²) in [5, 5.41) is 8.89. The third-order valence-electron chi connectivity index (χ3n) is 3.54. The molecule has 0 radical (unpaired) electrons. The molecule has 2 rings (SSSR count). The van der Waals surface area contributed by atoms with Crippen LogP contribution in [0, 0.1) is 18.3 Å². The maximum Gasteiger partial charge on any atom is 0.217 e. The molecule has 1 aliphatic rings. The smallest absolute Gasteiger partial charge is 0.217 e. The van der Waals surface area contributed by atoms with Crippen molar-refractivity contribution in [3.63, 3.8) is 0 Å². The Bertz CT molecular complexity index is 499. The van der Waals surface area contributed by atoms with Crippen molar-refractivity contribution in [1.29, 1.82) is 5.26 Å². The fourth-order valence-electron chi connectivity index (χ4n) is 2.28. The number of pyridine rings is 1. The minimum absolute atomic E-state index is 0.166. The van der Waals surface area contributed by atoms with Gasteiger partial charge in [0.15, 0.2) is 0 Å². The Labute approximate surface area is 115 Å². The zero-order valence-electron chi connectivity index (χ0n) is 12.1. The van der Waals surface area contributed by atoms with Crippen LogP contribution in [-0.2, 0) is 0 Å². The van der Waals surface area contributed by atoms with E-state index in [0.29, 0.717) is 11.6 Å². The van der Waals surface area contributed by atoms with Crippen molar-refractivity contribution >= 4 is 0 Å². The van der Waals surface area contributed by atoms with Crippen LogP contribution >= 0.6 is 0 Å². The SMILES string of the molecule is Cc1ccc(C#N)nc1O[C@H]1CCN(C(C)(C)C)C1. The van der Waals surface area contributed by atoms with Crippen LogP contribution in [0.4, 0.5) is 0 Å². The van der Waals surface area contributed by atoms with Crippen LogP contribution < -0.4 is 4.74 Å². The molecule has 2 heterocycles. The lowest BCUT2D eigenvalue weighted by atomic mass is 10.1. The summed E-state index contributed by atoms with van der Waals surface area (Å²) in [6.45, 7) is 10.6. The van der Waals surface area contributed by atoms with Gasteiger partial charge in [-0.15, -0.1) is 0 Å². The lowest BCUT2D eigenvalue weighted by Crippen LogP contribution is -2.40. The van der Waals surface area contributed by atoms with Crippen molar-refractivity contribution in [2.24, 2.45) is 0 Å². The Morgan fingerprint density at radius 2 is 2.16 bits per heavy atom. The van der Waals surface area contributed by atoms with Gasteiger partial charge in [-0.3, -0.25) is 4.90 Å². The zero-order chi connectivity index (χ0) is 14.0. The highest BCUT2D eigenvalue weighted by molar-refractivity contribution is 5.32. The molecule has 1 aromatic heterocycles. The van der Waals surface area contributed by atoms with Gasteiger partial charge in [0.2, 0.25) is 5.88 Å². The maximum absolute atomic E-state index is 8.89.